The van der Waals surface area contributed by atoms with Gasteiger partial charge in [-0.15, -0.1) is 0 Å². The number of carboxylic acids is 1. The van der Waals surface area contributed by atoms with Gasteiger partial charge >= 0.3 is 19.8 Å². The Labute approximate surface area is 207 Å². The molecule has 0 fully saturated rings. The molecule has 0 spiro atoms. The quantitative estimate of drug-likeness (QED) is 0.133. The third kappa shape index (κ3) is 8.40. The molecule has 0 saturated carbocycles. The Bertz CT molecular complexity index is 1040. The molecule has 0 saturated heterocycles. The molecule has 1 unspecified atom stereocenters. The SMILES string of the molecule is CC(C)OC(=O)[C@H](C)Nc1ccccc1OOP(=O)(O)OCc1c(Br)cc(C(=O)O)cc1Br. The van der Waals surface area contributed by atoms with Crippen molar-refractivity contribution in [2.24, 2.45) is 0 Å². The number of carbonyl (C=O) groups is 2. The van der Waals surface area contributed by atoms with Crippen LogP contribution in [0.5, 0.6) is 5.75 Å². The maximum absolute atomic E-state index is 12.3. The van der Waals surface area contributed by atoms with Crippen molar-refractivity contribution in [2.45, 2.75) is 39.5 Å². The van der Waals surface area contributed by atoms with Crippen molar-refractivity contribution >= 4 is 57.3 Å². The minimum absolute atomic E-state index is 0.0138. The van der Waals surface area contributed by atoms with Crippen molar-refractivity contribution in [3.63, 3.8) is 0 Å². The maximum Gasteiger partial charge on any atom is 0.508 e. The van der Waals surface area contributed by atoms with Crippen molar-refractivity contribution in [1.82, 2.24) is 0 Å². The fraction of sp³-hybridized carbons (Fsp3) is 0.300. The molecule has 2 rings (SSSR count). The van der Waals surface area contributed by atoms with Crippen LogP contribution >= 0.6 is 39.7 Å². The summed E-state index contributed by atoms with van der Waals surface area (Å²) in [6.07, 6.45) is -0.283. The number of halogens is 2. The monoisotopic (exact) mass is 609 g/mol. The number of rotatable bonds is 11. The smallest absolute Gasteiger partial charge is 0.478 e. The van der Waals surface area contributed by atoms with Crippen molar-refractivity contribution in [2.75, 3.05) is 5.32 Å². The first kappa shape index (κ1) is 27.3. The van der Waals surface area contributed by atoms with Crippen molar-refractivity contribution in [3.8, 4) is 5.75 Å². The molecule has 13 heteroatoms. The standard InChI is InChI=1S/C20H22Br2NO9P/c1-11(2)30-20(26)12(3)23-17-6-4-5-7-18(17)31-32-33(27,28)29-10-14-15(21)8-13(19(24)25)9-16(14)22/h4-9,11-12,23H,10H2,1-3H3,(H,24,25)(H,27,28)/t12-/m0/s1. The second-order valence-corrected chi connectivity index (χ2v) is 10.0. The summed E-state index contributed by atoms with van der Waals surface area (Å²) in [5, 5.41) is 12.0. The van der Waals surface area contributed by atoms with Gasteiger partial charge in [0, 0.05) is 14.5 Å². The second kappa shape index (κ2) is 12.0. The molecule has 2 atom stereocenters. The van der Waals surface area contributed by atoms with Crippen LogP contribution in [-0.2, 0) is 29.9 Å². The first-order valence-corrected chi connectivity index (χ1v) is 12.6. The van der Waals surface area contributed by atoms with Gasteiger partial charge in [0.05, 0.1) is 24.0 Å². The van der Waals surface area contributed by atoms with Gasteiger partial charge in [-0.3, -0.25) is 4.52 Å². The number of nitrogens with one attached hydrogen (secondary N) is 1. The van der Waals surface area contributed by atoms with Gasteiger partial charge in [0.2, 0.25) is 0 Å². The summed E-state index contributed by atoms with van der Waals surface area (Å²) in [5.41, 5.74) is 0.720. The highest BCUT2D eigenvalue weighted by atomic mass is 79.9. The van der Waals surface area contributed by atoms with E-state index in [9.17, 15) is 19.0 Å². The molecule has 0 bridgehead atoms. The van der Waals surface area contributed by atoms with Gasteiger partial charge in [-0.2, -0.15) is 0 Å². The lowest BCUT2D eigenvalue weighted by atomic mass is 10.1. The summed E-state index contributed by atoms with van der Waals surface area (Å²) in [4.78, 5) is 38.1. The van der Waals surface area contributed by atoms with Gasteiger partial charge in [-0.1, -0.05) is 48.7 Å². The number of anilines is 1. The summed E-state index contributed by atoms with van der Waals surface area (Å²) in [6, 6.07) is 8.25. The number of benzene rings is 2. The summed E-state index contributed by atoms with van der Waals surface area (Å²) in [7, 11) is -4.69. The number of para-hydroxylation sites is 2. The van der Waals surface area contributed by atoms with Crippen molar-refractivity contribution < 1.29 is 43.0 Å². The number of phosphoric acid groups is 1. The lowest BCUT2D eigenvalue weighted by Crippen LogP contribution is -2.30. The van der Waals surface area contributed by atoms with E-state index in [-0.39, 0.29) is 17.4 Å². The van der Waals surface area contributed by atoms with Gasteiger partial charge < -0.3 is 24.9 Å². The molecular formula is C20H22Br2NO9P. The minimum atomic E-state index is -4.69. The zero-order chi connectivity index (χ0) is 24.8. The molecule has 0 amide bonds. The van der Waals surface area contributed by atoms with Gasteiger partial charge in [0.15, 0.2) is 5.75 Å². The van der Waals surface area contributed by atoms with Gasteiger partial charge in [0.25, 0.3) is 0 Å². The van der Waals surface area contributed by atoms with Crippen LogP contribution in [0.15, 0.2) is 45.3 Å². The van der Waals surface area contributed by atoms with Crippen LogP contribution in [0, 0.1) is 0 Å². The topological polar surface area (TPSA) is 141 Å². The molecular weight excluding hydrogens is 589 g/mol. The lowest BCUT2D eigenvalue weighted by Gasteiger charge is -2.18. The first-order chi connectivity index (χ1) is 15.4. The van der Waals surface area contributed by atoms with E-state index in [0.717, 1.165) is 0 Å². The largest absolute Gasteiger partial charge is 0.508 e. The second-order valence-electron chi connectivity index (χ2n) is 6.97. The number of esters is 1. The average molecular weight is 611 g/mol. The van der Waals surface area contributed by atoms with E-state index < -0.39 is 32.4 Å². The van der Waals surface area contributed by atoms with Crippen molar-refractivity contribution in [3.05, 3.63) is 56.5 Å². The van der Waals surface area contributed by atoms with E-state index in [2.05, 4.69) is 41.9 Å². The Hall–Kier alpha value is -1.95. The summed E-state index contributed by atoms with van der Waals surface area (Å²) in [6.45, 7) is 4.65. The Morgan fingerprint density at radius 3 is 2.30 bits per heavy atom. The predicted molar refractivity (Wildman–Crippen MR) is 126 cm³/mol. The summed E-state index contributed by atoms with van der Waals surface area (Å²) < 4.78 is 27.7. The van der Waals surface area contributed by atoms with Crippen LogP contribution in [0.3, 0.4) is 0 Å². The van der Waals surface area contributed by atoms with Gasteiger partial charge in [-0.05, 0) is 45.0 Å². The van der Waals surface area contributed by atoms with Crippen LogP contribution in [-0.4, -0.2) is 34.1 Å². The van der Waals surface area contributed by atoms with Crippen molar-refractivity contribution in [1.29, 1.82) is 0 Å². The van der Waals surface area contributed by atoms with E-state index in [1.165, 1.54) is 18.2 Å². The highest BCUT2D eigenvalue weighted by molar-refractivity contribution is 9.11. The molecule has 10 nitrogen and oxygen atoms in total. The molecule has 3 N–H and O–H groups in total. The maximum atomic E-state index is 12.3. The van der Waals surface area contributed by atoms with Crippen LogP contribution in [0.1, 0.15) is 36.7 Å². The molecule has 0 radical (unpaired) electrons. The molecule has 33 heavy (non-hydrogen) atoms. The molecule has 2 aromatic rings. The van der Waals surface area contributed by atoms with E-state index in [4.69, 9.17) is 19.3 Å². The van der Waals surface area contributed by atoms with E-state index >= 15 is 0 Å². The minimum Gasteiger partial charge on any atom is -0.478 e. The van der Waals surface area contributed by atoms with Crippen LogP contribution in [0.2, 0.25) is 0 Å². The number of carboxylic acid groups (broad SMARTS) is 1. The van der Waals surface area contributed by atoms with Crippen LogP contribution in [0.4, 0.5) is 5.69 Å². The number of phosphoric ester groups is 1. The normalized spacial score (nSPS) is 13.8. The molecule has 0 heterocycles. The molecule has 0 aliphatic heterocycles. The van der Waals surface area contributed by atoms with E-state index in [1.807, 2.05) is 0 Å². The Balaban J connectivity index is 2.03. The van der Waals surface area contributed by atoms with Crippen LogP contribution in [0.25, 0.3) is 0 Å². The van der Waals surface area contributed by atoms with Crippen LogP contribution < -0.4 is 10.2 Å². The zero-order valence-electron chi connectivity index (χ0n) is 17.8. The molecule has 180 valence electrons. The third-order valence-corrected chi connectivity index (χ3v) is 6.08. The van der Waals surface area contributed by atoms with Gasteiger partial charge in [0.1, 0.15) is 6.04 Å². The summed E-state index contributed by atoms with van der Waals surface area (Å²) in [5.74, 6) is -1.58. The molecule has 2 aromatic carbocycles. The number of hydrogen-bond acceptors (Lipinski definition) is 8. The number of aromatic carboxylic acids is 1. The molecule has 0 aromatic heterocycles. The number of ether oxygens (including phenoxy) is 1. The number of carbonyl (C=O) groups excluding carboxylic acids is 1. The first-order valence-electron chi connectivity index (χ1n) is 9.50. The summed E-state index contributed by atoms with van der Waals surface area (Å²) >= 11 is 6.41. The fourth-order valence-electron chi connectivity index (χ4n) is 2.40. The predicted octanol–water partition coefficient (Wildman–Crippen LogP) is 5.29. The highest BCUT2D eigenvalue weighted by Gasteiger charge is 2.26. The van der Waals surface area contributed by atoms with Gasteiger partial charge in [-0.25, -0.2) is 14.2 Å². The molecule has 0 aliphatic carbocycles. The lowest BCUT2D eigenvalue weighted by molar-refractivity contribution is -0.148. The highest BCUT2D eigenvalue weighted by Crippen LogP contribution is 2.46. The Morgan fingerprint density at radius 1 is 1.12 bits per heavy atom. The Morgan fingerprint density at radius 2 is 1.73 bits per heavy atom. The third-order valence-electron chi connectivity index (χ3n) is 3.95. The zero-order valence-corrected chi connectivity index (χ0v) is 21.8. The van der Waals surface area contributed by atoms with E-state index in [1.54, 1.807) is 39.0 Å². The Kier molecular flexibility index (Phi) is 9.89. The number of hydrogen-bond donors (Lipinski definition) is 3. The molecule has 0 aliphatic rings. The fourth-order valence-corrected chi connectivity index (χ4v) is 4.33. The van der Waals surface area contributed by atoms with E-state index in [0.29, 0.717) is 20.2 Å². The average Bonchev–Trinajstić information content (AvgIpc) is 2.71.